The Bertz CT molecular complexity index is 305. The van der Waals surface area contributed by atoms with Crippen LogP contribution in [0.2, 0.25) is 0 Å². The van der Waals surface area contributed by atoms with Gasteiger partial charge in [-0.25, -0.2) is 4.98 Å². The van der Waals surface area contributed by atoms with Gasteiger partial charge in [0.2, 0.25) is 0 Å². The second kappa shape index (κ2) is 7.94. The zero-order chi connectivity index (χ0) is 12.5. The Morgan fingerprint density at radius 1 is 1.35 bits per heavy atom. The molecule has 1 rings (SSSR count). The van der Waals surface area contributed by atoms with Gasteiger partial charge < -0.3 is 15.2 Å². The van der Waals surface area contributed by atoms with Gasteiger partial charge in [0.15, 0.2) is 0 Å². The van der Waals surface area contributed by atoms with Crippen molar-refractivity contribution in [2.45, 2.75) is 6.54 Å². The Hall–Kier alpha value is -1.24. The number of rotatable bonds is 8. The van der Waals surface area contributed by atoms with Gasteiger partial charge in [0, 0.05) is 33.8 Å². The van der Waals surface area contributed by atoms with E-state index in [1.54, 1.807) is 26.6 Å². The fourth-order valence-corrected chi connectivity index (χ4v) is 1.43. The van der Waals surface area contributed by atoms with Crippen LogP contribution in [0.1, 0.15) is 5.69 Å². The number of anilines is 1. The number of aromatic nitrogens is 2. The lowest BCUT2D eigenvalue weighted by Crippen LogP contribution is -2.30. The molecule has 0 aliphatic heterocycles. The first-order valence-corrected chi connectivity index (χ1v) is 5.61. The zero-order valence-electron chi connectivity index (χ0n) is 10.4. The van der Waals surface area contributed by atoms with Gasteiger partial charge in [0.25, 0.3) is 0 Å². The van der Waals surface area contributed by atoms with Crippen LogP contribution in [-0.2, 0) is 11.3 Å². The van der Waals surface area contributed by atoms with Crippen LogP contribution in [0.3, 0.4) is 0 Å². The number of nitrogens with zero attached hydrogens (tertiary/aromatic N) is 3. The third-order valence-corrected chi connectivity index (χ3v) is 2.37. The molecule has 1 aromatic heterocycles. The monoisotopic (exact) mass is 240 g/mol. The molecule has 96 valence electrons. The molecule has 0 radical (unpaired) electrons. The highest BCUT2D eigenvalue weighted by atomic mass is 16.5. The predicted molar refractivity (Wildman–Crippen MR) is 65.8 cm³/mol. The summed E-state index contributed by atoms with van der Waals surface area (Å²) in [6.07, 6.45) is 3.44. The van der Waals surface area contributed by atoms with Crippen LogP contribution in [0.15, 0.2) is 12.4 Å². The summed E-state index contributed by atoms with van der Waals surface area (Å²) in [6.45, 7) is 2.82. The Balaban J connectivity index is 2.51. The summed E-state index contributed by atoms with van der Waals surface area (Å²) < 4.78 is 5.02. The second-order valence-corrected chi connectivity index (χ2v) is 3.64. The molecule has 0 amide bonds. The smallest absolute Gasteiger partial charge is 0.144 e. The average Bonchev–Trinajstić information content (AvgIpc) is 2.37. The van der Waals surface area contributed by atoms with E-state index < -0.39 is 0 Å². The molecule has 1 heterocycles. The molecule has 6 nitrogen and oxygen atoms in total. The average molecular weight is 240 g/mol. The van der Waals surface area contributed by atoms with Crippen molar-refractivity contribution < 1.29 is 9.84 Å². The number of nitrogens with one attached hydrogen (secondary N) is 1. The maximum absolute atomic E-state index is 8.97. The van der Waals surface area contributed by atoms with Crippen molar-refractivity contribution in [1.82, 2.24) is 14.9 Å². The normalized spacial score (nSPS) is 10.8. The van der Waals surface area contributed by atoms with Gasteiger partial charge >= 0.3 is 0 Å². The van der Waals surface area contributed by atoms with Crippen LogP contribution in [0, 0.1) is 0 Å². The lowest BCUT2D eigenvalue weighted by molar-refractivity contribution is 0.126. The highest BCUT2D eigenvalue weighted by Crippen LogP contribution is 2.03. The van der Waals surface area contributed by atoms with Gasteiger partial charge in [-0.2, -0.15) is 0 Å². The summed E-state index contributed by atoms with van der Waals surface area (Å²) in [5, 5.41) is 11.9. The summed E-state index contributed by atoms with van der Waals surface area (Å²) in [5.41, 5.74) is 0.883. The Kier molecular flexibility index (Phi) is 6.46. The molecule has 17 heavy (non-hydrogen) atoms. The number of aliphatic hydroxyl groups is 1. The molecule has 0 bridgehead atoms. The van der Waals surface area contributed by atoms with Crippen LogP contribution < -0.4 is 5.32 Å². The van der Waals surface area contributed by atoms with Crippen LogP contribution in [0.25, 0.3) is 0 Å². The third-order valence-electron chi connectivity index (χ3n) is 2.37. The minimum atomic E-state index is 0.131. The second-order valence-electron chi connectivity index (χ2n) is 3.64. The van der Waals surface area contributed by atoms with Crippen LogP contribution in [0.5, 0.6) is 0 Å². The minimum absolute atomic E-state index is 0.131. The lowest BCUT2D eigenvalue weighted by Gasteiger charge is -2.20. The fraction of sp³-hybridized carbons (Fsp3) is 0.636. The van der Waals surface area contributed by atoms with E-state index in [-0.39, 0.29) is 6.61 Å². The maximum Gasteiger partial charge on any atom is 0.144 e. The molecule has 0 unspecified atom stereocenters. The SMILES string of the molecule is CNc1cnc(CN(CCO)CCOC)cn1. The first kappa shape index (κ1) is 13.8. The highest BCUT2D eigenvalue weighted by Gasteiger charge is 2.06. The first-order valence-electron chi connectivity index (χ1n) is 5.61. The maximum atomic E-state index is 8.97. The molecule has 1 aromatic rings. The van der Waals surface area contributed by atoms with E-state index in [9.17, 15) is 0 Å². The number of hydrogen-bond donors (Lipinski definition) is 2. The zero-order valence-corrected chi connectivity index (χ0v) is 10.4. The molecule has 0 spiro atoms. The van der Waals surface area contributed by atoms with Crippen LogP contribution in [-0.4, -0.2) is 60.4 Å². The standard InChI is InChI=1S/C11H20N4O2/c1-12-11-8-13-10(7-14-11)9-15(3-5-16)4-6-17-2/h7-8,16H,3-6,9H2,1-2H3,(H,12,14). The van der Waals surface area contributed by atoms with Crippen molar-refractivity contribution in [2.24, 2.45) is 0 Å². The van der Waals surface area contributed by atoms with Gasteiger partial charge in [-0.1, -0.05) is 0 Å². The number of aliphatic hydroxyl groups excluding tert-OH is 1. The Labute approximate surface area is 102 Å². The van der Waals surface area contributed by atoms with Crippen molar-refractivity contribution in [3.63, 3.8) is 0 Å². The van der Waals surface area contributed by atoms with E-state index in [2.05, 4.69) is 20.2 Å². The van der Waals surface area contributed by atoms with E-state index in [1.807, 2.05) is 0 Å². The predicted octanol–water partition coefficient (Wildman–Crippen LogP) is -0.0410. The molecule has 6 heteroatoms. The van der Waals surface area contributed by atoms with E-state index in [0.717, 1.165) is 18.1 Å². The van der Waals surface area contributed by atoms with Gasteiger partial charge in [0.05, 0.1) is 31.3 Å². The number of ether oxygens (including phenoxy) is 1. The lowest BCUT2D eigenvalue weighted by atomic mass is 10.3. The van der Waals surface area contributed by atoms with E-state index in [4.69, 9.17) is 9.84 Å². The molecule has 2 N–H and O–H groups in total. The fourth-order valence-electron chi connectivity index (χ4n) is 1.43. The molecule has 0 aliphatic rings. The summed E-state index contributed by atoms with van der Waals surface area (Å²) >= 11 is 0. The largest absolute Gasteiger partial charge is 0.395 e. The van der Waals surface area contributed by atoms with Crippen molar-refractivity contribution in [3.05, 3.63) is 18.1 Å². The van der Waals surface area contributed by atoms with Crippen molar-refractivity contribution in [3.8, 4) is 0 Å². The quantitative estimate of drug-likeness (QED) is 0.664. The van der Waals surface area contributed by atoms with Gasteiger partial charge in [-0.3, -0.25) is 9.88 Å². The summed E-state index contributed by atoms with van der Waals surface area (Å²) in [4.78, 5) is 10.6. The molecule has 0 saturated carbocycles. The molecular formula is C11H20N4O2. The van der Waals surface area contributed by atoms with E-state index in [0.29, 0.717) is 19.7 Å². The molecular weight excluding hydrogens is 220 g/mol. The first-order chi connectivity index (χ1) is 8.30. The Morgan fingerprint density at radius 2 is 2.18 bits per heavy atom. The van der Waals surface area contributed by atoms with Gasteiger partial charge in [0.1, 0.15) is 5.82 Å². The minimum Gasteiger partial charge on any atom is -0.395 e. The van der Waals surface area contributed by atoms with Crippen molar-refractivity contribution in [1.29, 1.82) is 0 Å². The van der Waals surface area contributed by atoms with Gasteiger partial charge in [-0.05, 0) is 0 Å². The number of methoxy groups -OCH3 is 1. The Morgan fingerprint density at radius 3 is 2.71 bits per heavy atom. The van der Waals surface area contributed by atoms with E-state index >= 15 is 0 Å². The van der Waals surface area contributed by atoms with Crippen LogP contribution in [0.4, 0.5) is 5.82 Å². The highest BCUT2D eigenvalue weighted by molar-refractivity contribution is 5.29. The van der Waals surface area contributed by atoms with Crippen LogP contribution >= 0.6 is 0 Å². The van der Waals surface area contributed by atoms with Crippen molar-refractivity contribution >= 4 is 5.82 Å². The summed E-state index contributed by atoms with van der Waals surface area (Å²) in [5.74, 6) is 0.749. The molecule has 0 aromatic carbocycles. The third kappa shape index (κ3) is 5.08. The topological polar surface area (TPSA) is 70.5 Å². The van der Waals surface area contributed by atoms with Gasteiger partial charge in [-0.15, -0.1) is 0 Å². The summed E-state index contributed by atoms with van der Waals surface area (Å²) in [7, 11) is 3.47. The molecule has 0 saturated heterocycles. The number of hydrogen-bond acceptors (Lipinski definition) is 6. The summed E-state index contributed by atoms with van der Waals surface area (Å²) in [6, 6.07) is 0. The molecule has 0 aliphatic carbocycles. The molecule has 0 atom stereocenters. The van der Waals surface area contributed by atoms with E-state index in [1.165, 1.54) is 0 Å². The molecule has 0 fully saturated rings. The van der Waals surface area contributed by atoms with Crippen molar-refractivity contribution in [2.75, 3.05) is 45.8 Å².